The lowest BCUT2D eigenvalue weighted by Crippen LogP contribution is -2.58. The molecule has 77 heavy (non-hydrogen) atoms. The second kappa shape index (κ2) is 26.0. The average molecular weight is 1080 g/mol. The van der Waals surface area contributed by atoms with Crippen LogP contribution in [0.1, 0.15) is 100 Å². The Labute approximate surface area is 450 Å². The molecule has 2 fully saturated rings. The summed E-state index contributed by atoms with van der Waals surface area (Å²) in [6.07, 6.45) is 5.23. The van der Waals surface area contributed by atoms with E-state index in [1.54, 1.807) is 91.4 Å². The number of pyridine rings is 2. The summed E-state index contributed by atoms with van der Waals surface area (Å²) in [5.74, 6) is -2.20. The number of nitrogens with one attached hydrogen (secondary N) is 4. The molecule has 2 aliphatic rings. The lowest BCUT2D eigenvalue weighted by atomic mass is 10.0. The van der Waals surface area contributed by atoms with E-state index in [4.69, 9.17) is 23.7 Å². The van der Waals surface area contributed by atoms with Gasteiger partial charge in [-0.05, 0) is 124 Å². The first-order valence-electron chi connectivity index (χ1n) is 25.9. The SMILES string of the molecule is CO[C@H](C)[C@H](NC(=O)[C@H](C)N(C)C(=O)OC(C)(C)C)C(=O)N1C[C@@H](O)C[C@H]1Cc1c[nH]c2ncccc12.CO[C@H](C)[C@H](NC(=O)[C@H](C)N(C)C(=O)OC(C)(C)C)C(=O)N1C[C@@H](OC(C)=O)C[C@H]1Cc1c[nH]c2ncccc12. The molecule has 5 N–H and O–H groups in total. The molecule has 0 bridgehead atoms. The molecule has 0 aromatic carbocycles. The maximum absolute atomic E-state index is 14.0. The van der Waals surface area contributed by atoms with E-state index in [2.05, 4.69) is 30.6 Å². The molecule has 4 aromatic heterocycles. The number of nitrogens with zero attached hydrogens (tertiary/aromatic N) is 6. The number of H-pyrrole nitrogens is 2. The number of aromatic amines is 2. The Kier molecular flexibility index (Phi) is 20.6. The van der Waals surface area contributed by atoms with Crippen LogP contribution in [-0.4, -0.2) is 200 Å². The molecule has 10 atom stereocenters. The third kappa shape index (κ3) is 16.1. The highest BCUT2D eigenvalue weighted by atomic mass is 16.6. The molecule has 6 rings (SSSR count). The predicted molar refractivity (Wildman–Crippen MR) is 285 cm³/mol. The van der Waals surface area contributed by atoms with Crippen molar-refractivity contribution in [1.82, 2.24) is 50.2 Å². The van der Waals surface area contributed by atoms with Crippen molar-refractivity contribution < 1.29 is 62.4 Å². The van der Waals surface area contributed by atoms with Crippen LogP contribution in [0.3, 0.4) is 0 Å². The Morgan fingerprint density at radius 2 is 1.09 bits per heavy atom. The average Bonchev–Trinajstić information content (AvgIpc) is 4.17. The minimum atomic E-state index is -1.05. The number of rotatable bonds is 17. The Morgan fingerprint density at radius 3 is 1.48 bits per heavy atom. The number of aromatic nitrogens is 4. The minimum absolute atomic E-state index is 0.153. The van der Waals surface area contributed by atoms with Gasteiger partial charge in [0.25, 0.3) is 0 Å². The number of esters is 1. The number of carbonyl (C=O) groups is 7. The molecule has 2 aliphatic heterocycles. The first kappa shape index (κ1) is 61.0. The van der Waals surface area contributed by atoms with Gasteiger partial charge in [-0.15, -0.1) is 0 Å². The summed E-state index contributed by atoms with van der Waals surface area (Å²) >= 11 is 0. The van der Waals surface area contributed by atoms with E-state index in [1.165, 1.54) is 45.0 Å². The molecule has 0 unspecified atom stereocenters. The number of likely N-dealkylation sites (tertiary alicyclic amines) is 2. The quantitative estimate of drug-likeness (QED) is 0.0730. The van der Waals surface area contributed by atoms with Crippen LogP contribution in [-0.2, 0) is 60.5 Å². The van der Waals surface area contributed by atoms with Crippen LogP contribution in [0.5, 0.6) is 0 Å². The number of fused-ring (bicyclic) bond motifs is 2. The largest absolute Gasteiger partial charge is 0.461 e. The Hall–Kier alpha value is -6.85. The van der Waals surface area contributed by atoms with Gasteiger partial charge in [-0.3, -0.25) is 33.8 Å². The van der Waals surface area contributed by atoms with E-state index in [-0.39, 0.29) is 37.0 Å². The van der Waals surface area contributed by atoms with Crippen LogP contribution >= 0.6 is 0 Å². The number of ether oxygens (including phenoxy) is 5. The number of carbonyl (C=O) groups excluding carboxylic acids is 7. The first-order chi connectivity index (χ1) is 36.0. The molecule has 23 nitrogen and oxygen atoms in total. The summed E-state index contributed by atoms with van der Waals surface area (Å²) in [6, 6.07) is 3.17. The van der Waals surface area contributed by atoms with Crippen molar-refractivity contribution in [2.24, 2.45) is 0 Å². The monoisotopic (exact) mass is 1080 g/mol. The second-order valence-corrected chi connectivity index (χ2v) is 21.9. The molecule has 0 saturated carbocycles. The van der Waals surface area contributed by atoms with Crippen molar-refractivity contribution in [3.05, 3.63) is 60.2 Å². The molecule has 2 saturated heterocycles. The molecule has 0 spiro atoms. The molecular weight excluding hydrogens is 997 g/mol. The van der Waals surface area contributed by atoms with Gasteiger partial charge in [0, 0.05) is 95.8 Å². The fourth-order valence-electron chi connectivity index (χ4n) is 9.16. The van der Waals surface area contributed by atoms with Gasteiger partial charge in [-0.2, -0.15) is 0 Å². The summed E-state index contributed by atoms with van der Waals surface area (Å²) in [6.45, 7) is 18.6. The van der Waals surface area contributed by atoms with Crippen molar-refractivity contribution in [3.63, 3.8) is 0 Å². The van der Waals surface area contributed by atoms with E-state index in [9.17, 15) is 38.7 Å². The minimum Gasteiger partial charge on any atom is -0.461 e. The maximum Gasteiger partial charge on any atom is 0.410 e. The zero-order chi connectivity index (χ0) is 57.3. The number of methoxy groups -OCH3 is 2. The zero-order valence-electron chi connectivity index (χ0n) is 47.2. The summed E-state index contributed by atoms with van der Waals surface area (Å²) in [5.41, 5.74) is 2.03. The Morgan fingerprint density at radius 1 is 0.688 bits per heavy atom. The van der Waals surface area contributed by atoms with Gasteiger partial charge in [0.05, 0.1) is 24.9 Å². The van der Waals surface area contributed by atoms with Gasteiger partial charge in [-0.25, -0.2) is 19.6 Å². The van der Waals surface area contributed by atoms with Crippen LogP contribution in [0.15, 0.2) is 49.1 Å². The van der Waals surface area contributed by atoms with Crippen LogP contribution < -0.4 is 10.6 Å². The normalized spacial score (nSPS) is 19.9. The number of hydrogen-bond acceptors (Lipinski definition) is 15. The van der Waals surface area contributed by atoms with E-state index < -0.39 is 89.8 Å². The van der Waals surface area contributed by atoms with Crippen LogP contribution in [0.2, 0.25) is 0 Å². The lowest BCUT2D eigenvalue weighted by molar-refractivity contribution is -0.147. The van der Waals surface area contributed by atoms with Crippen molar-refractivity contribution >= 4 is 63.9 Å². The summed E-state index contributed by atoms with van der Waals surface area (Å²) in [5, 5.41) is 17.9. The number of β-amino-alcohol motifs (C(OH)–C–C–N with tert-alkyl or cyclic N) is 1. The van der Waals surface area contributed by atoms with Crippen molar-refractivity contribution in [2.75, 3.05) is 41.4 Å². The third-order valence-electron chi connectivity index (χ3n) is 13.7. The predicted octanol–water partition coefficient (Wildman–Crippen LogP) is 4.26. The topological polar surface area (TPSA) is 280 Å². The van der Waals surface area contributed by atoms with Crippen LogP contribution in [0, 0.1) is 0 Å². The fraction of sp³-hybridized carbons (Fsp3) is 0.611. The number of aliphatic hydroxyl groups excluding tert-OH is 1. The van der Waals surface area contributed by atoms with Crippen molar-refractivity contribution in [1.29, 1.82) is 0 Å². The molecule has 0 aliphatic carbocycles. The highest BCUT2D eigenvalue weighted by molar-refractivity contribution is 5.93. The van der Waals surface area contributed by atoms with Gasteiger partial charge in [0.15, 0.2) is 0 Å². The Balaban J connectivity index is 0.000000285. The first-order valence-corrected chi connectivity index (χ1v) is 25.9. The highest BCUT2D eigenvalue weighted by Gasteiger charge is 2.44. The van der Waals surface area contributed by atoms with Crippen molar-refractivity contribution in [3.8, 4) is 0 Å². The molecule has 4 aromatic rings. The Bertz CT molecular complexity index is 2700. The molecular formula is C54H80N10O13. The van der Waals surface area contributed by atoms with E-state index in [0.29, 0.717) is 25.7 Å². The maximum atomic E-state index is 14.0. The lowest BCUT2D eigenvalue weighted by Gasteiger charge is -2.33. The van der Waals surface area contributed by atoms with Gasteiger partial charge in [-0.1, -0.05) is 0 Å². The number of aliphatic hydroxyl groups is 1. The van der Waals surface area contributed by atoms with E-state index in [1.807, 2.05) is 36.7 Å². The molecule has 23 heteroatoms. The third-order valence-corrected chi connectivity index (χ3v) is 13.7. The zero-order valence-corrected chi connectivity index (χ0v) is 47.2. The smallest absolute Gasteiger partial charge is 0.410 e. The van der Waals surface area contributed by atoms with Gasteiger partial charge in [0.1, 0.15) is 52.8 Å². The van der Waals surface area contributed by atoms with Crippen LogP contribution in [0.4, 0.5) is 9.59 Å². The standard InChI is InChI=1S/C28H41N5O7.C26H39N5O6/c1-16(32(7)27(37)40-28(4,5)6)25(35)31-23(17(2)38-8)26(36)33-15-21(39-18(3)34)13-20(33)12-19-14-30-24-22(19)10-9-11-29-24;1-15(30(6)25(35)37-26(3,4)5)23(33)29-21(16(2)36-7)24(34)31-14-19(32)12-18(31)11-17-13-28-22-20(17)9-8-10-27-22/h9-11,14,16-17,20-21,23H,12-13,15H2,1-8H3,(H,29,30)(H,31,35);8-10,13,15-16,18-19,21,32H,11-12,14H2,1-7H3,(H,27,28)(H,29,33)/t16-,17+,20+,21-,23-;15-,16+,18+,19-,21-/m00/s1. The number of likely N-dealkylation sites (N-methyl/N-ethyl adjacent to an activating group) is 2. The van der Waals surface area contributed by atoms with E-state index in [0.717, 1.165) is 33.2 Å². The highest BCUT2D eigenvalue weighted by Crippen LogP contribution is 2.29. The second-order valence-electron chi connectivity index (χ2n) is 21.9. The number of hydrogen-bond donors (Lipinski definition) is 5. The molecule has 6 heterocycles. The molecule has 0 radical (unpaired) electrons. The van der Waals surface area contributed by atoms with Gasteiger partial charge < -0.3 is 59.2 Å². The van der Waals surface area contributed by atoms with E-state index >= 15 is 0 Å². The molecule has 6 amide bonds. The van der Waals surface area contributed by atoms with Gasteiger partial charge in [0.2, 0.25) is 23.6 Å². The van der Waals surface area contributed by atoms with Crippen molar-refractivity contribution in [2.45, 2.75) is 174 Å². The summed E-state index contributed by atoms with van der Waals surface area (Å²) in [7, 11) is 5.85. The molecule has 424 valence electrons. The number of amides is 6. The van der Waals surface area contributed by atoms with Gasteiger partial charge >= 0.3 is 18.2 Å². The summed E-state index contributed by atoms with van der Waals surface area (Å²) in [4.78, 5) is 111. The summed E-state index contributed by atoms with van der Waals surface area (Å²) < 4.78 is 27.1. The fourth-order valence-corrected chi connectivity index (χ4v) is 9.16. The van der Waals surface area contributed by atoms with Crippen LogP contribution in [0.25, 0.3) is 22.1 Å².